The van der Waals surface area contributed by atoms with Crippen LogP contribution in [0.4, 0.5) is 0 Å². The molecule has 3 atom stereocenters. The number of hydrogen-bond donors (Lipinski definition) is 2. The molecule has 2 N–H and O–H groups in total. The van der Waals surface area contributed by atoms with E-state index >= 15 is 0 Å². The van der Waals surface area contributed by atoms with Crippen LogP contribution in [0.2, 0.25) is 0 Å². The molecule has 2 amide bonds. The molecule has 1 aromatic carbocycles. The molecule has 0 saturated carbocycles. The Morgan fingerprint density at radius 2 is 1.84 bits per heavy atom. The maximum atomic E-state index is 12.7. The fourth-order valence-electron chi connectivity index (χ4n) is 3.09. The molecule has 1 aromatic heterocycles. The van der Waals surface area contributed by atoms with Crippen molar-refractivity contribution in [2.45, 2.75) is 59.4 Å². The predicted molar refractivity (Wildman–Crippen MR) is 118 cm³/mol. The maximum absolute atomic E-state index is 12.7. The zero-order valence-corrected chi connectivity index (χ0v) is 19.2. The molecule has 8 nitrogen and oxygen atoms in total. The molecule has 0 spiro atoms. The van der Waals surface area contributed by atoms with Gasteiger partial charge in [0.1, 0.15) is 6.04 Å². The molecule has 2 aromatic rings. The van der Waals surface area contributed by atoms with Crippen molar-refractivity contribution in [1.29, 1.82) is 0 Å². The second kappa shape index (κ2) is 11.0. The van der Waals surface area contributed by atoms with Gasteiger partial charge in [-0.2, -0.15) is 0 Å². The van der Waals surface area contributed by atoms with E-state index in [1.165, 1.54) is 25.7 Å². The third-order valence-electron chi connectivity index (χ3n) is 4.71. The largest absolute Gasteiger partial charge is 0.453 e. The molecule has 0 aliphatic carbocycles. The van der Waals surface area contributed by atoms with Crippen LogP contribution in [0, 0.1) is 6.92 Å². The van der Waals surface area contributed by atoms with E-state index in [9.17, 15) is 19.5 Å². The molecular weight excluding hydrogens is 418 g/mol. The van der Waals surface area contributed by atoms with E-state index in [0.717, 1.165) is 21.7 Å². The number of amides is 2. The summed E-state index contributed by atoms with van der Waals surface area (Å²) in [5.41, 5.74) is 4.76. The molecule has 1 unspecified atom stereocenters. The van der Waals surface area contributed by atoms with Gasteiger partial charge < -0.3 is 20.1 Å². The van der Waals surface area contributed by atoms with Crippen molar-refractivity contribution in [3.63, 3.8) is 0 Å². The maximum Gasteiger partial charge on any atom is 0.303 e. The van der Waals surface area contributed by atoms with Gasteiger partial charge >= 0.3 is 5.97 Å². The fourth-order valence-corrected chi connectivity index (χ4v) is 3.90. The highest BCUT2D eigenvalue weighted by Crippen LogP contribution is 2.27. The zero-order valence-electron chi connectivity index (χ0n) is 18.4. The van der Waals surface area contributed by atoms with Crippen LogP contribution in [-0.4, -0.2) is 57.6 Å². The Balaban J connectivity index is 2.02. The summed E-state index contributed by atoms with van der Waals surface area (Å²) in [7, 11) is 0. The smallest absolute Gasteiger partial charge is 0.303 e. The second-order valence-corrected chi connectivity index (χ2v) is 8.30. The average molecular weight is 448 g/mol. The first-order valence-corrected chi connectivity index (χ1v) is 10.9. The topological polar surface area (TPSA) is 109 Å². The molecule has 0 bridgehead atoms. The summed E-state index contributed by atoms with van der Waals surface area (Å²) in [6.45, 7) is 7.95. The van der Waals surface area contributed by atoms with Crippen molar-refractivity contribution in [3.8, 4) is 10.4 Å². The number of aromatic nitrogens is 1. The van der Waals surface area contributed by atoms with Gasteiger partial charge in [0.05, 0.1) is 22.2 Å². The monoisotopic (exact) mass is 447 g/mol. The van der Waals surface area contributed by atoms with Crippen molar-refractivity contribution in [1.82, 2.24) is 15.2 Å². The fraction of sp³-hybridized carbons (Fsp3) is 0.455. The molecule has 1 heterocycles. The molecule has 168 valence electrons. The van der Waals surface area contributed by atoms with E-state index in [1.807, 2.05) is 36.7 Å². The van der Waals surface area contributed by atoms with E-state index in [0.29, 0.717) is 6.54 Å². The summed E-state index contributed by atoms with van der Waals surface area (Å²) < 4.78 is 4.94. The Hall–Kier alpha value is -2.78. The van der Waals surface area contributed by atoms with Crippen LogP contribution in [0.3, 0.4) is 0 Å². The van der Waals surface area contributed by atoms with Crippen LogP contribution in [0.5, 0.6) is 0 Å². The number of aryl methyl sites for hydroxylation is 1. The number of esters is 1. The standard InChI is InChI=1S/C22H29N3O5S/c1-13(26)11-25(22(29)16(4)30-17(5)27)15(3)21(28)23-10-18-6-8-19(9-7-18)20-14(2)24-12-31-20/h6-9,12-13,15-16,26H,10-11H2,1-5H3,(H,23,28)/t13-,15+,16?/m1/s1. The minimum Gasteiger partial charge on any atom is -0.453 e. The number of ether oxygens (including phenoxy) is 1. The molecule has 0 radical (unpaired) electrons. The summed E-state index contributed by atoms with van der Waals surface area (Å²) >= 11 is 1.58. The minimum atomic E-state index is -1.05. The third kappa shape index (κ3) is 6.86. The second-order valence-electron chi connectivity index (χ2n) is 7.45. The van der Waals surface area contributed by atoms with Crippen molar-refractivity contribution in [2.24, 2.45) is 0 Å². The Morgan fingerprint density at radius 3 is 2.35 bits per heavy atom. The van der Waals surface area contributed by atoms with E-state index in [1.54, 1.807) is 18.3 Å². The SMILES string of the molecule is CC(=O)OC(C)C(=O)N(C[C@@H](C)O)[C@@H](C)C(=O)NCc1ccc(-c2scnc2C)cc1. The van der Waals surface area contributed by atoms with Crippen molar-refractivity contribution < 1.29 is 24.2 Å². The number of thiazole rings is 1. The van der Waals surface area contributed by atoms with Gasteiger partial charge in [0.15, 0.2) is 6.10 Å². The van der Waals surface area contributed by atoms with E-state index < -0.39 is 30.1 Å². The summed E-state index contributed by atoms with van der Waals surface area (Å²) in [6, 6.07) is 6.98. The molecule has 0 saturated heterocycles. The molecule has 31 heavy (non-hydrogen) atoms. The lowest BCUT2D eigenvalue weighted by atomic mass is 10.1. The summed E-state index contributed by atoms with van der Waals surface area (Å²) in [5, 5.41) is 12.6. The number of aliphatic hydroxyl groups excluding tert-OH is 1. The first kappa shape index (κ1) is 24.5. The quantitative estimate of drug-likeness (QED) is 0.571. The van der Waals surface area contributed by atoms with Gasteiger partial charge in [-0.05, 0) is 38.8 Å². The van der Waals surface area contributed by atoms with Gasteiger partial charge in [0, 0.05) is 20.0 Å². The van der Waals surface area contributed by atoms with Crippen LogP contribution < -0.4 is 5.32 Å². The lowest BCUT2D eigenvalue weighted by Gasteiger charge is -2.31. The third-order valence-corrected chi connectivity index (χ3v) is 5.69. The number of carbonyl (C=O) groups is 3. The van der Waals surface area contributed by atoms with Crippen molar-refractivity contribution in [3.05, 3.63) is 41.0 Å². The Bertz CT molecular complexity index is 910. The number of aliphatic hydroxyl groups is 1. The highest BCUT2D eigenvalue weighted by Gasteiger charge is 2.31. The molecule has 0 fully saturated rings. The van der Waals surface area contributed by atoms with Crippen LogP contribution in [0.15, 0.2) is 29.8 Å². The van der Waals surface area contributed by atoms with Crippen LogP contribution in [0.1, 0.15) is 39.0 Å². The highest BCUT2D eigenvalue weighted by atomic mass is 32.1. The molecule has 0 aliphatic heterocycles. The van der Waals surface area contributed by atoms with Gasteiger partial charge in [-0.15, -0.1) is 11.3 Å². The number of carbonyl (C=O) groups excluding carboxylic acids is 3. The van der Waals surface area contributed by atoms with Crippen LogP contribution in [-0.2, 0) is 25.7 Å². The lowest BCUT2D eigenvalue weighted by Crippen LogP contribution is -2.53. The Labute approximate surface area is 186 Å². The van der Waals surface area contributed by atoms with Gasteiger partial charge in [0.2, 0.25) is 5.91 Å². The van der Waals surface area contributed by atoms with E-state index in [-0.39, 0.29) is 12.5 Å². The number of rotatable bonds is 9. The van der Waals surface area contributed by atoms with E-state index in [4.69, 9.17) is 4.74 Å². The molecule has 0 aliphatic rings. The minimum absolute atomic E-state index is 0.0536. The van der Waals surface area contributed by atoms with Crippen molar-refractivity contribution >= 4 is 29.1 Å². The van der Waals surface area contributed by atoms with Gasteiger partial charge in [-0.3, -0.25) is 14.4 Å². The van der Waals surface area contributed by atoms with Crippen LogP contribution >= 0.6 is 11.3 Å². The summed E-state index contributed by atoms with van der Waals surface area (Å²) in [5.74, 6) is -1.50. The number of nitrogens with one attached hydrogen (secondary N) is 1. The summed E-state index contributed by atoms with van der Waals surface area (Å²) in [4.78, 5) is 43.1. The Morgan fingerprint density at radius 1 is 1.19 bits per heavy atom. The molecule has 2 rings (SSSR count). The normalized spacial score (nSPS) is 13.7. The van der Waals surface area contributed by atoms with Crippen molar-refractivity contribution in [2.75, 3.05) is 6.54 Å². The molecular formula is C22H29N3O5S. The van der Waals surface area contributed by atoms with Gasteiger partial charge in [-0.1, -0.05) is 24.3 Å². The lowest BCUT2D eigenvalue weighted by molar-refractivity contribution is -0.160. The highest BCUT2D eigenvalue weighted by molar-refractivity contribution is 7.13. The number of hydrogen-bond acceptors (Lipinski definition) is 7. The number of nitrogens with zero attached hydrogens (tertiary/aromatic N) is 2. The predicted octanol–water partition coefficient (Wildman–Crippen LogP) is 2.28. The number of benzene rings is 1. The Kier molecular flexibility index (Phi) is 8.70. The summed E-state index contributed by atoms with van der Waals surface area (Å²) in [6.07, 6.45) is -1.89. The van der Waals surface area contributed by atoms with Gasteiger partial charge in [-0.25, -0.2) is 4.98 Å². The van der Waals surface area contributed by atoms with Gasteiger partial charge in [0.25, 0.3) is 5.91 Å². The molecule has 9 heteroatoms. The first-order chi connectivity index (χ1) is 14.6. The average Bonchev–Trinajstić information content (AvgIpc) is 3.14. The zero-order chi connectivity index (χ0) is 23.1. The van der Waals surface area contributed by atoms with Crippen LogP contribution in [0.25, 0.3) is 10.4 Å². The first-order valence-electron chi connectivity index (χ1n) is 10.0. The van der Waals surface area contributed by atoms with E-state index in [2.05, 4.69) is 10.3 Å².